The highest BCUT2D eigenvalue weighted by Crippen LogP contribution is 2.32. The second-order valence-electron chi connectivity index (χ2n) is 7.93. The first-order valence-corrected chi connectivity index (χ1v) is 13.0. The lowest BCUT2D eigenvalue weighted by molar-refractivity contribution is -0.139. The quantitative estimate of drug-likeness (QED) is 0.432. The smallest absolute Gasteiger partial charge is 0.264 e. The molecule has 0 bridgehead atoms. The number of rotatable bonds is 10. The number of likely N-dealkylation sites (N-methyl/N-ethyl adjacent to an activating group) is 1. The van der Waals surface area contributed by atoms with E-state index in [1.807, 2.05) is 0 Å². The Bertz CT molecular complexity index is 1300. The highest BCUT2D eigenvalue weighted by atomic mass is 35.5. The van der Waals surface area contributed by atoms with Crippen molar-refractivity contribution in [3.8, 4) is 5.75 Å². The van der Waals surface area contributed by atoms with Crippen molar-refractivity contribution in [2.45, 2.75) is 24.4 Å². The van der Waals surface area contributed by atoms with Gasteiger partial charge in [0.2, 0.25) is 11.8 Å². The molecule has 1 N–H and O–H groups in total. The number of carbonyl (C=O) groups is 2. The number of para-hydroxylation sites is 2. The highest BCUT2D eigenvalue weighted by molar-refractivity contribution is 7.92. The van der Waals surface area contributed by atoms with Crippen molar-refractivity contribution in [1.29, 1.82) is 0 Å². The predicted octanol–water partition coefficient (Wildman–Crippen LogP) is 3.71. The molecule has 3 aromatic carbocycles. The second-order valence-corrected chi connectivity index (χ2v) is 10.2. The van der Waals surface area contributed by atoms with Gasteiger partial charge in [-0.15, -0.1) is 0 Å². The van der Waals surface area contributed by atoms with Crippen LogP contribution in [0.4, 0.5) is 5.69 Å². The molecule has 0 radical (unpaired) electrons. The summed E-state index contributed by atoms with van der Waals surface area (Å²) in [4.78, 5) is 27.6. The van der Waals surface area contributed by atoms with Crippen LogP contribution >= 0.6 is 11.6 Å². The first-order valence-electron chi connectivity index (χ1n) is 11.2. The van der Waals surface area contributed by atoms with E-state index in [0.29, 0.717) is 5.02 Å². The number of nitrogens with one attached hydrogen (secondary N) is 1. The number of halogens is 1. The van der Waals surface area contributed by atoms with Gasteiger partial charge >= 0.3 is 0 Å². The summed E-state index contributed by atoms with van der Waals surface area (Å²) in [6.07, 6.45) is 0. The molecule has 3 rings (SSSR count). The van der Waals surface area contributed by atoms with Crippen LogP contribution in [-0.2, 0) is 26.2 Å². The fourth-order valence-corrected chi connectivity index (χ4v) is 5.22. The van der Waals surface area contributed by atoms with Crippen LogP contribution in [0.15, 0.2) is 83.8 Å². The third-order valence-electron chi connectivity index (χ3n) is 5.64. The van der Waals surface area contributed by atoms with Crippen molar-refractivity contribution in [3.63, 3.8) is 0 Å². The van der Waals surface area contributed by atoms with Crippen molar-refractivity contribution < 1.29 is 22.7 Å². The maximum absolute atomic E-state index is 13.7. The molecule has 2 amide bonds. The number of sulfonamides is 1. The van der Waals surface area contributed by atoms with Gasteiger partial charge in [-0.05, 0) is 48.9 Å². The summed E-state index contributed by atoms with van der Waals surface area (Å²) in [6.45, 7) is 1.12. The van der Waals surface area contributed by atoms with Gasteiger partial charge in [0.1, 0.15) is 18.3 Å². The minimum atomic E-state index is -4.16. The molecule has 0 saturated heterocycles. The first kappa shape index (κ1) is 27.0. The van der Waals surface area contributed by atoms with Crippen LogP contribution in [0.1, 0.15) is 12.5 Å². The number of hydrogen-bond donors (Lipinski definition) is 1. The van der Waals surface area contributed by atoms with Crippen molar-refractivity contribution in [1.82, 2.24) is 10.2 Å². The van der Waals surface area contributed by atoms with E-state index in [1.165, 1.54) is 31.2 Å². The van der Waals surface area contributed by atoms with Crippen LogP contribution in [-0.4, -0.2) is 51.9 Å². The molecule has 0 fully saturated rings. The monoisotopic (exact) mass is 529 g/mol. The minimum absolute atomic E-state index is 0.0207. The Morgan fingerprint density at radius 3 is 2.19 bits per heavy atom. The molecule has 0 aliphatic heterocycles. The molecule has 0 unspecified atom stereocenters. The number of carbonyl (C=O) groups excluding carboxylic acids is 2. The third kappa shape index (κ3) is 6.16. The molecule has 190 valence electrons. The Labute approximate surface area is 216 Å². The van der Waals surface area contributed by atoms with Gasteiger partial charge < -0.3 is 15.0 Å². The number of nitrogens with zero attached hydrogens (tertiary/aromatic N) is 2. The van der Waals surface area contributed by atoms with Gasteiger partial charge in [0.25, 0.3) is 10.0 Å². The Morgan fingerprint density at radius 2 is 1.58 bits per heavy atom. The molecular formula is C26H28ClN3O5S. The fraction of sp³-hybridized carbons (Fsp3) is 0.231. The largest absolute Gasteiger partial charge is 0.495 e. The lowest BCUT2D eigenvalue weighted by Crippen LogP contribution is -2.50. The Hall–Kier alpha value is -3.56. The van der Waals surface area contributed by atoms with Crippen molar-refractivity contribution >= 4 is 39.1 Å². The zero-order valence-electron chi connectivity index (χ0n) is 20.2. The van der Waals surface area contributed by atoms with E-state index >= 15 is 0 Å². The molecule has 0 saturated carbocycles. The standard InChI is InChI=1S/C26H28ClN3O5S/c1-19(26(32)28-2)29(17-20-13-15-21(27)16-14-20)25(31)18-30(23-11-7-8-12-24(23)35-3)36(33,34)22-9-5-4-6-10-22/h4-16,19H,17-18H2,1-3H3,(H,28,32)/t19-/m0/s1. The third-order valence-corrected chi connectivity index (χ3v) is 7.67. The molecular weight excluding hydrogens is 502 g/mol. The minimum Gasteiger partial charge on any atom is -0.495 e. The van der Waals surface area contributed by atoms with E-state index in [0.717, 1.165) is 9.87 Å². The molecule has 0 aromatic heterocycles. The van der Waals surface area contributed by atoms with Crippen molar-refractivity contribution in [3.05, 3.63) is 89.4 Å². The number of hydrogen-bond acceptors (Lipinski definition) is 5. The number of ether oxygens (including phenoxy) is 1. The number of methoxy groups -OCH3 is 1. The molecule has 0 heterocycles. The van der Waals surface area contributed by atoms with Gasteiger partial charge in [-0.3, -0.25) is 13.9 Å². The van der Waals surface area contributed by atoms with Gasteiger partial charge in [0, 0.05) is 18.6 Å². The summed E-state index contributed by atoms with van der Waals surface area (Å²) in [5.74, 6) is -0.660. The second kappa shape index (κ2) is 11.9. The molecule has 0 aliphatic rings. The molecule has 10 heteroatoms. The number of anilines is 1. The molecule has 8 nitrogen and oxygen atoms in total. The Morgan fingerprint density at radius 1 is 0.972 bits per heavy atom. The highest BCUT2D eigenvalue weighted by Gasteiger charge is 2.33. The van der Waals surface area contributed by atoms with E-state index in [1.54, 1.807) is 73.7 Å². The van der Waals surface area contributed by atoms with Crippen LogP contribution in [0.5, 0.6) is 5.75 Å². The van der Waals surface area contributed by atoms with E-state index in [9.17, 15) is 18.0 Å². The Kier molecular flexibility index (Phi) is 8.95. The summed E-state index contributed by atoms with van der Waals surface area (Å²) in [5.41, 5.74) is 0.939. The average molecular weight is 530 g/mol. The van der Waals surface area contributed by atoms with Gasteiger partial charge in [-0.25, -0.2) is 8.42 Å². The molecule has 36 heavy (non-hydrogen) atoms. The normalized spacial score (nSPS) is 11.9. The number of benzene rings is 3. The molecule has 1 atom stereocenters. The SMILES string of the molecule is CNC(=O)[C@H](C)N(Cc1ccc(Cl)cc1)C(=O)CN(c1ccccc1OC)S(=O)(=O)c1ccccc1. The van der Waals surface area contributed by atoms with Gasteiger partial charge in [0.05, 0.1) is 17.7 Å². The van der Waals surface area contributed by atoms with Crippen LogP contribution < -0.4 is 14.4 Å². The van der Waals surface area contributed by atoms with E-state index in [2.05, 4.69) is 5.32 Å². The average Bonchev–Trinajstić information content (AvgIpc) is 2.90. The molecule has 0 aliphatic carbocycles. The van der Waals surface area contributed by atoms with Crippen molar-refractivity contribution in [2.75, 3.05) is 25.0 Å². The van der Waals surface area contributed by atoms with E-state index < -0.39 is 28.5 Å². The summed E-state index contributed by atoms with van der Waals surface area (Å²) in [7, 11) is -1.26. The van der Waals surface area contributed by atoms with Crippen molar-refractivity contribution in [2.24, 2.45) is 0 Å². The van der Waals surface area contributed by atoms with Crippen LogP contribution in [0.25, 0.3) is 0 Å². The van der Waals surface area contributed by atoms with Crippen LogP contribution in [0, 0.1) is 0 Å². The Balaban J connectivity index is 2.05. The van der Waals surface area contributed by atoms with Gasteiger partial charge in [-0.1, -0.05) is 54.1 Å². The van der Waals surface area contributed by atoms with E-state index in [4.69, 9.17) is 16.3 Å². The zero-order chi connectivity index (χ0) is 26.3. The maximum Gasteiger partial charge on any atom is 0.264 e. The lowest BCUT2D eigenvalue weighted by Gasteiger charge is -2.32. The lowest BCUT2D eigenvalue weighted by atomic mass is 10.1. The topological polar surface area (TPSA) is 96.0 Å². The van der Waals surface area contributed by atoms with E-state index in [-0.39, 0.29) is 28.8 Å². The van der Waals surface area contributed by atoms with Gasteiger partial charge in [0.15, 0.2) is 0 Å². The molecule has 0 spiro atoms. The number of amides is 2. The summed E-state index contributed by atoms with van der Waals surface area (Å²) < 4.78 is 33.9. The zero-order valence-corrected chi connectivity index (χ0v) is 21.8. The maximum atomic E-state index is 13.7. The predicted molar refractivity (Wildman–Crippen MR) is 139 cm³/mol. The summed E-state index contributed by atoms with van der Waals surface area (Å²) in [6, 6.07) is 20.4. The summed E-state index contributed by atoms with van der Waals surface area (Å²) >= 11 is 5.99. The fourth-order valence-electron chi connectivity index (χ4n) is 3.65. The molecule has 3 aromatic rings. The van der Waals surface area contributed by atoms with Crippen LogP contribution in [0.3, 0.4) is 0 Å². The van der Waals surface area contributed by atoms with Crippen LogP contribution in [0.2, 0.25) is 5.02 Å². The van der Waals surface area contributed by atoms with Gasteiger partial charge in [-0.2, -0.15) is 0 Å². The summed E-state index contributed by atoms with van der Waals surface area (Å²) in [5, 5.41) is 3.08. The first-order chi connectivity index (χ1) is 17.2.